The molecule has 2 N–H and O–H groups in total. The molecule has 1 aromatic carbocycles. The lowest BCUT2D eigenvalue weighted by molar-refractivity contribution is 0.122. The van der Waals surface area contributed by atoms with Gasteiger partial charge in [-0.25, -0.2) is 14.3 Å². The maximum Gasteiger partial charge on any atom is 0.345 e. The third-order valence-electron chi connectivity index (χ3n) is 5.70. The van der Waals surface area contributed by atoms with E-state index in [4.69, 9.17) is 4.74 Å². The van der Waals surface area contributed by atoms with E-state index in [2.05, 4.69) is 26.7 Å². The minimum atomic E-state index is -0.242. The Labute approximate surface area is 176 Å². The van der Waals surface area contributed by atoms with Crippen LogP contribution in [0.2, 0.25) is 0 Å². The molecule has 0 bridgehead atoms. The van der Waals surface area contributed by atoms with Crippen molar-refractivity contribution in [2.75, 3.05) is 43.1 Å². The molecule has 3 heterocycles. The second-order valence-electron chi connectivity index (χ2n) is 7.86. The average molecular weight is 415 g/mol. The number of nitrogens with one attached hydrogen (secondary N) is 2. The Hall–Kier alpha value is -2.81. The summed E-state index contributed by atoms with van der Waals surface area (Å²) in [4.78, 5) is 26.9. The number of amides is 2. The first-order chi connectivity index (χ1) is 14.6. The first kappa shape index (κ1) is 20.5. The van der Waals surface area contributed by atoms with E-state index in [1.807, 2.05) is 19.1 Å². The number of aromatic nitrogens is 3. The Kier molecular flexibility index (Phi) is 6.37. The molecular formula is C21H30N6O3. The van der Waals surface area contributed by atoms with E-state index in [9.17, 15) is 9.59 Å². The van der Waals surface area contributed by atoms with Crippen molar-refractivity contribution in [1.82, 2.24) is 19.7 Å². The van der Waals surface area contributed by atoms with E-state index < -0.39 is 0 Å². The Balaban J connectivity index is 1.24. The van der Waals surface area contributed by atoms with Gasteiger partial charge in [0, 0.05) is 50.5 Å². The highest BCUT2D eigenvalue weighted by Crippen LogP contribution is 2.23. The zero-order valence-electron chi connectivity index (χ0n) is 17.5. The molecule has 162 valence electrons. The van der Waals surface area contributed by atoms with Crippen LogP contribution >= 0.6 is 0 Å². The molecule has 4 rings (SSSR count). The van der Waals surface area contributed by atoms with Crippen molar-refractivity contribution in [3.63, 3.8) is 0 Å². The van der Waals surface area contributed by atoms with Crippen molar-refractivity contribution in [2.45, 2.75) is 45.7 Å². The summed E-state index contributed by atoms with van der Waals surface area (Å²) in [6.07, 6.45) is 3.64. The lowest BCUT2D eigenvalue weighted by Gasteiger charge is -2.29. The maximum absolute atomic E-state index is 12.3. The van der Waals surface area contributed by atoms with Crippen LogP contribution in [0.4, 0.5) is 16.2 Å². The second-order valence-corrected chi connectivity index (χ2v) is 7.86. The normalized spacial score (nSPS) is 16.2. The van der Waals surface area contributed by atoms with E-state index >= 15 is 0 Å². The van der Waals surface area contributed by atoms with Gasteiger partial charge in [-0.2, -0.15) is 5.10 Å². The van der Waals surface area contributed by atoms with Gasteiger partial charge in [0.25, 0.3) is 0 Å². The fraction of sp³-hybridized carbons (Fsp3) is 0.571. The molecule has 0 saturated carbocycles. The number of aryl methyl sites for hydroxylation is 3. The summed E-state index contributed by atoms with van der Waals surface area (Å²) in [5, 5.41) is 10.2. The average Bonchev–Trinajstić information content (AvgIpc) is 3.09. The summed E-state index contributed by atoms with van der Waals surface area (Å²) in [5.74, 6) is 0.882. The standard InChI is InChI=1S/C21H30N6O3/c1-16-15-17(25-11-13-30-14-12-25)6-7-18(16)23-20(28)22-8-4-10-27-21(29)26-9-3-2-5-19(26)24-27/h6-7,15H,2-5,8-14H2,1H3,(H2,22,23,28). The molecule has 2 aliphatic rings. The number of ether oxygens (including phenoxy) is 1. The number of morpholine rings is 1. The van der Waals surface area contributed by atoms with Gasteiger partial charge in [-0.3, -0.25) is 4.57 Å². The molecule has 1 fully saturated rings. The Bertz CT molecular complexity index is 945. The van der Waals surface area contributed by atoms with E-state index in [-0.39, 0.29) is 11.7 Å². The third-order valence-corrected chi connectivity index (χ3v) is 5.70. The smallest absolute Gasteiger partial charge is 0.345 e. The molecule has 0 atom stereocenters. The highest BCUT2D eigenvalue weighted by atomic mass is 16.5. The summed E-state index contributed by atoms with van der Waals surface area (Å²) in [6, 6.07) is 5.82. The van der Waals surface area contributed by atoms with Crippen LogP contribution in [0, 0.1) is 6.92 Å². The van der Waals surface area contributed by atoms with Crippen molar-refractivity contribution in [1.29, 1.82) is 0 Å². The molecular weight excluding hydrogens is 384 g/mol. The number of benzene rings is 1. The number of hydrogen-bond acceptors (Lipinski definition) is 5. The summed E-state index contributed by atoms with van der Waals surface area (Å²) < 4.78 is 8.69. The number of urea groups is 1. The number of rotatable bonds is 6. The van der Waals surface area contributed by atoms with Crippen LogP contribution in [0.5, 0.6) is 0 Å². The molecule has 2 aliphatic heterocycles. The topological polar surface area (TPSA) is 93.4 Å². The fourth-order valence-electron chi connectivity index (χ4n) is 4.00. The van der Waals surface area contributed by atoms with Gasteiger partial charge < -0.3 is 20.3 Å². The van der Waals surface area contributed by atoms with Crippen LogP contribution in [0.25, 0.3) is 0 Å². The first-order valence-corrected chi connectivity index (χ1v) is 10.8. The largest absolute Gasteiger partial charge is 0.378 e. The monoisotopic (exact) mass is 414 g/mol. The molecule has 2 aromatic rings. The molecule has 0 spiro atoms. The molecule has 9 nitrogen and oxygen atoms in total. The van der Waals surface area contributed by atoms with Crippen molar-refractivity contribution < 1.29 is 9.53 Å². The zero-order valence-corrected chi connectivity index (χ0v) is 17.5. The summed E-state index contributed by atoms with van der Waals surface area (Å²) >= 11 is 0. The van der Waals surface area contributed by atoms with Crippen LogP contribution in [-0.4, -0.2) is 53.2 Å². The first-order valence-electron chi connectivity index (χ1n) is 10.8. The van der Waals surface area contributed by atoms with Gasteiger partial charge >= 0.3 is 11.7 Å². The van der Waals surface area contributed by atoms with Crippen molar-refractivity contribution in [3.8, 4) is 0 Å². The molecule has 0 aliphatic carbocycles. The van der Waals surface area contributed by atoms with Crippen LogP contribution in [0.1, 0.15) is 30.7 Å². The van der Waals surface area contributed by atoms with Gasteiger partial charge in [-0.05, 0) is 49.9 Å². The second kappa shape index (κ2) is 9.34. The molecule has 1 saturated heterocycles. The lowest BCUT2D eigenvalue weighted by atomic mass is 10.1. The summed E-state index contributed by atoms with van der Waals surface area (Å²) in [7, 11) is 0. The quantitative estimate of drug-likeness (QED) is 0.703. The number of carbonyl (C=O) groups excluding carboxylic acids is 1. The minimum absolute atomic E-state index is 0.0369. The van der Waals surface area contributed by atoms with Crippen molar-refractivity contribution in [2.24, 2.45) is 0 Å². The van der Waals surface area contributed by atoms with Gasteiger partial charge in [-0.15, -0.1) is 0 Å². The maximum atomic E-state index is 12.3. The molecule has 0 radical (unpaired) electrons. The van der Waals surface area contributed by atoms with Gasteiger partial charge in [0.2, 0.25) is 0 Å². The number of hydrogen-bond donors (Lipinski definition) is 2. The Morgan fingerprint density at radius 2 is 2.03 bits per heavy atom. The zero-order chi connectivity index (χ0) is 20.9. The van der Waals surface area contributed by atoms with Crippen LogP contribution in [0.15, 0.2) is 23.0 Å². The number of fused-ring (bicyclic) bond motifs is 1. The van der Waals surface area contributed by atoms with Gasteiger partial charge in [0.15, 0.2) is 0 Å². The van der Waals surface area contributed by atoms with Crippen LogP contribution < -0.4 is 21.2 Å². The van der Waals surface area contributed by atoms with Crippen LogP contribution in [-0.2, 0) is 24.2 Å². The predicted molar refractivity (Wildman–Crippen MR) is 115 cm³/mol. The highest BCUT2D eigenvalue weighted by Gasteiger charge is 2.16. The van der Waals surface area contributed by atoms with E-state index in [0.29, 0.717) is 19.5 Å². The van der Waals surface area contributed by atoms with Crippen molar-refractivity contribution in [3.05, 3.63) is 40.1 Å². The van der Waals surface area contributed by atoms with E-state index in [0.717, 1.165) is 74.9 Å². The SMILES string of the molecule is Cc1cc(N2CCOCC2)ccc1NC(=O)NCCCn1nc2n(c1=O)CCCC2. The van der Waals surface area contributed by atoms with Gasteiger partial charge in [-0.1, -0.05) is 0 Å². The molecule has 0 unspecified atom stereocenters. The minimum Gasteiger partial charge on any atom is -0.378 e. The predicted octanol–water partition coefficient (Wildman–Crippen LogP) is 1.74. The Morgan fingerprint density at radius 1 is 1.20 bits per heavy atom. The summed E-state index contributed by atoms with van der Waals surface area (Å²) in [6.45, 7) is 7.00. The molecule has 30 heavy (non-hydrogen) atoms. The summed E-state index contributed by atoms with van der Waals surface area (Å²) in [5.41, 5.74) is 2.92. The number of carbonyl (C=O) groups is 1. The van der Waals surface area contributed by atoms with Gasteiger partial charge in [0.1, 0.15) is 5.82 Å². The Morgan fingerprint density at radius 3 is 2.80 bits per heavy atom. The lowest BCUT2D eigenvalue weighted by Crippen LogP contribution is -2.36. The van der Waals surface area contributed by atoms with E-state index in [1.165, 1.54) is 4.68 Å². The van der Waals surface area contributed by atoms with Crippen LogP contribution in [0.3, 0.4) is 0 Å². The highest BCUT2D eigenvalue weighted by molar-refractivity contribution is 5.90. The van der Waals surface area contributed by atoms with Gasteiger partial charge in [0.05, 0.1) is 13.2 Å². The number of anilines is 2. The number of nitrogens with zero attached hydrogens (tertiary/aromatic N) is 4. The molecule has 9 heteroatoms. The third kappa shape index (κ3) is 4.67. The van der Waals surface area contributed by atoms with E-state index in [1.54, 1.807) is 4.57 Å². The molecule has 1 aromatic heterocycles. The van der Waals surface area contributed by atoms with Crippen molar-refractivity contribution >= 4 is 17.4 Å². The molecule has 2 amide bonds. The fourth-order valence-corrected chi connectivity index (χ4v) is 4.00.